The van der Waals surface area contributed by atoms with E-state index >= 15 is 0 Å². The molecule has 0 aliphatic heterocycles. The molecular weight excluding hydrogens is 402 g/mol. The number of nitrogens with one attached hydrogen (secondary N) is 4. The molecule has 0 spiro atoms. The number of para-hydroxylation sites is 2. The zero-order valence-corrected chi connectivity index (χ0v) is 16.6. The number of nitrogens with zero attached hydrogens (tertiary/aromatic N) is 2. The van der Waals surface area contributed by atoms with Crippen molar-refractivity contribution in [1.82, 2.24) is 20.8 Å². The van der Waals surface area contributed by atoms with E-state index in [0.717, 1.165) is 0 Å². The molecule has 0 radical (unpaired) electrons. The van der Waals surface area contributed by atoms with Crippen LogP contribution in [0.25, 0.3) is 0 Å². The van der Waals surface area contributed by atoms with E-state index in [-0.39, 0.29) is 23.9 Å². The molecule has 160 valence electrons. The van der Waals surface area contributed by atoms with Gasteiger partial charge in [0.1, 0.15) is 23.5 Å². The Morgan fingerprint density at radius 2 is 1.58 bits per heavy atom. The molecule has 2 amide bonds. The number of ether oxygens (including phenoxy) is 2. The molecule has 0 fully saturated rings. The van der Waals surface area contributed by atoms with Gasteiger partial charge in [0, 0.05) is 0 Å². The van der Waals surface area contributed by atoms with Crippen LogP contribution in [0.2, 0.25) is 0 Å². The monoisotopic (exact) mass is 423 g/mol. The van der Waals surface area contributed by atoms with E-state index in [0.29, 0.717) is 17.1 Å². The number of carbonyl (C=O) groups excluding carboxylic acids is 2. The molecule has 1 heterocycles. The van der Waals surface area contributed by atoms with Gasteiger partial charge in [0.2, 0.25) is 0 Å². The highest BCUT2D eigenvalue weighted by Crippen LogP contribution is 2.21. The topological polar surface area (TPSA) is 153 Å². The molecule has 3 rings (SSSR count). The van der Waals surface area contributed by atoms with Gasteiger partial charge in [-0.05, 0) is 24.3 Å². The van der Waals surface area contributed by atoms with Gasteiger partial charge in [-0.3, -0.25) is 31.3 Å². The van der Waals surface area contributed by atoms with E-state index < -0.39 is 11.8 Å². The third kappa shape index (κ3) is 5.73. The Balaban J connectivity index is 1.54. The summed E-state index contributed by atoms with van der Waals surface area (Å²) in [6, 6.07) is 15.7. The fourth-order valence-electron chi connectivity index (χ4n) is 2.44. The van der Waals surface area contributed by atoms with E-state index in [2.05, 4.69) is 31.7 Å². The van der Waals surface area contributed by atoms with Gasteiger partial charge >= 0.3 is 0 Å². The van der Waals surface area contributed by atoms with Crippen molar-refractivity contribution in [1.29, 1.82) is 0 Å². The van der Waals surface area contributed by atoms with Crippen molar-refractivity contribution in [3.63, 3.8) is 0 Å². The predicted octanol–water partition coefficient (Wildman–Crippen LogP) is 1.35. The van der Waals surface area contributed by atoms with Crippen LogP contribution in [0.1, 0.15) is 10.4 Å². The highest BCUT2D eigenvalue weighted by molar-refractivity contribution is 5.97. The lowest BCUT2D eigenvalue weighted by Gasteiger charge is -2.14. The first-order valence-electron chi connectivity index (χ1n) is 9.11. The molecule has 0 aliphatic rings. The smallest absolute Gasteiger partial charge is 0.276 e. The van der Waals surface area contributed by atoms with Crippen molar-refractivity contribution in [2.75, 3.05) is 30.3 Å². The van der Waals surface area contributed by atoms with Crippen molar-refractivity contribution in [2.24, 2.45) is 0 Å². The van der Waals surface area contributed by atoms with Gasteiger partial charge in [-0.1, -0.05) is 30.3 Å². The van der Waals surface area contributed by atoms with Gasteiger partial charge in [-0.2, -0.15) is 0 Å². The number of hydrogen-bond acceptors (Lipinski definition) is 9. The maximum atomic E-state index is 12.4. The summed E-state index contributed by atoms with van der Waals surface area (Å²) in [4.78, 5) is 32.3. The number of benzene rings is 2. The van der Waals surface area contributed by atoms with Crippen LogP contribution in [0.3, 0.4) is 0 Å². The third-order valence-corrected chi connectivity index (χ3v) is 3.96. The Bertz CT molecular complexity index is 1050. The van der Waals surface area contributed by atoms with Crippen LogP contribution in [0.4, 0.5) is 17.3 Å². The molecule has 0 atom stereocenters. The van der Waals surface area contributed by atoms with Gasteiger partial charge in [-0.25, -0.2) is 9.97 Å². The van der Waals surface area contributed by atoms with Crippen LogP contribution in [-0.2, 0) is 4.79 Å². The van der Waals surface area contributed by atoms with Crippen molar-refractivity contribution in [3.05, 3.63) is 66.5 Å². The highest BCUT2D eigenvalue weighted by Gasteiger charge is 2.13. The summed E-state index contributed by atoms with van der Waals surface area (Å²) in [6.45, 7) is -0.206. The number of nitrogen functional groups attached to an aromatic ring is 1. The second-order valence-corrected chi connectivity index (χ2v) is 6.04. The fraction of sp³-hybridized carbons (Fsp3) is 0.100. The van der Waals surface area contributed by atoms with Gasteiger partial charge in [0.15, 0.2) is 18.2 Å². The first kappa shape index (κ1) is 21.2. The molecular formula is C20H21N7O4. The lowest BCUT2D eigenvalue weighted by Crippen LogP contribution is -2.35. The van der Waals surface area contributed by atoms with E-state index in [1.54, 1.807) is 48.5 Å². The van der Waals surface area contributed by atoms with Gasteiger partial charge in [0.05, 0.1) is 12.7 Å². The average Bonchev–Trinajstić information content (AvgIpc) is 2.81. The molecule has 0 saturated carbocycles. The van der Waals surface area contributed by atoms with Crippen LogP contribution < -0.4 is 36.9 Å². The number of carbonyl (C=O) groups is 2. The maximum Gasteiger partial charge on any atom is 0.276 e. The van der Waals surface area contributed by atoms with E-state index in [1.165, 1.54) is 13.4 Å². The maximum absolute atomic E-state index is 12.4. The van der Waals surface area contributed by atoms with Crippen LogP contribution in [-0.4, -0.2) is 35.5 Å². The number of hydrogen-bond donors (Lipinski definition) is 5. The Labute approximate surface area is 177 Å². The SMILES string of the molecule is COc1ccccc1C(=O)NNc1ncnc(NNC(=O)COc2ccccc2)c1N. The first-order chi connectivity index (χ1) is 15.1. The number of anilines is 3. The summed E-state index contributed by atoms with van der Waals surface area (Å²) < 4.78 is 10.5. The molecule has 11 nitrogen and oxygen atoms in total. The Kier molecular flexibility index (Phi) is 7.03. The van der Waals surface area contributed by atoms with Gasteiger partial charge in [0.25, 0.3) is 11.8 Å². The molecule has 2 aromatic carbocycles. The minimum Gasteiger partial charge on any atom is -0.496 e. The second-order valence-electron chi connectivity index (χ2n) is 6.04. The van der Waals surface area contributed by atoms with E-state index in [1.807, 2.05) is 6.07 Å². The Morgan fingerprint density at radius 1 is 0.935 bits per heavy atom. The molecule has 0 bridgehead atoms. The number of methoxy groups -OCH3 is 1. The van der Waals surface area contributed by atoms with Crippen LogP contribution in [0, 0.1) is 0 Å². The van der Waals surface area contributed by atoms with Crippen molar-refractivity contribution < 1.29 is 19.1 Å². The number of aromatic nitrogens is 2. The minimum atomic E-state index is -0.448. The van der Waals surface area contributed by atoms with Crippen LogP contribution in [0.5, 0.6) is 11.5 Å². The average molecular weight is 423 g/mol. The fourth-order valence-corrected chi connectivity index (χ4v) is 2.44. The van der Waals surface area contributed by atoms with E-state index in [9.17, 15) is 9.59 Å². The predicted molar refractivity (Wildman–Crippen MR) is 114 cm³/mol. The highest BCUT2D eigenvalue weighted by atomic mass is 16.5. The van der Waals surface area contributed by atoms with E-state index in [4.69, 9.17) is 15.2 Å². The standard InChI is InChI=1S/C20H21N7O4/c1-30-15-10-6-5-9-14(15)20(29)27-26-19-17(21)18(22-12-23-19)25-24-16(28)11-31-13-7-3-2-4-8-13/h2-10,12H,11,21H2,1H3,(H,24,28)(H,27,29)(H2,22,23,25,26). The lowest BCUT2D eigenvalue weighted by molar-refractivity contribution is -0.122. The molecule has 0 saturated heterocycles. The Hall–Kier alpha value is -4.54. The summed E-state index contributed by atoms with van der Waals surface area (Å²) in [5.74, 6) is 0.363. The van der Waals surface area contributed by atoms with Gasteiger partial charge < -0.3 is 15.2 Å². The summed E-state index contributed by atoms with van der Waals surface area (Å²) in [6.07, 6.45) is 1.21. The van der Waals surface area contributed by atoms with Crippen molar-refractivity contribution in [3.8, 4) is 11.5 Å². The zero-order chi connectivity index (χ0) is 22.1. The quantitative estimate of drug-likeness (QED) is 0.321. The number of nitrogens with two attached hydrogens (primary N) is 1. The van der Waals surface area contributed by atoms with Crippen molar-refractivity contribution >= 4 is 29.1 Å². The zero-order valence-electron chi connectivity index (χ0n) is 16.6. The Morgan fingerprint density at radius 3 is 2.29 bits per heavy atom. The molecule has 3 aromatic rings. The normalized spacial score (nSPS) is 9.97. The third-order valence-electron chi connectivity index (χ3n) is 3.96. The molecule has 0 aliphatic carbocycles. The number of rotatable bonds is 9. The minimum absolute atomic E-state index is 0.0760. The lowest BCUT2D eigenvalue weighted by atomic mass is 10.2. The number of amides is 2. The molecule has 1 aromatic heterocycles. The second kappa shape index (κ2) is 10.3. The summed E-state index contributed by atoms with van der Waals surface area (Å²) in [7, 11) is 1.47. The summed E-state index contributed by atoms with van der Waals surface area (Å²) in [5, 5.41) is 0. The van der Waals surface area contributed by atoms with Gasteiger partial charge in [-0.15, -0.1) is 0 Å². The summed E-state index contributed by atoms with van der Waals surface area (Å²) >= 11 is 0. The molecule has 11 heteroatoms. The molecule has 0 unspecified atom stereocenters. The van der Waals surface area contributed by atoms with Crippen LogP contribution >= 0.6 is 0 Å². The van der Waals surface area contributed by atoms with Crippen LogP contribution in [0.15, 0.2) is 60.9 Å². The molecule has 31 heavy (non-hydrogen) atoms. The van der Waals surface area contributed by atoms with Crippen molar-refractivity contribution in [2.45, 2.75) is 0 Å². The first-order valence-corrected chi connectivity index (χ1v) is 9.11. The summed E-state index contributed by atoms with van der Waals surface area (Å²) in [5.41, 5.74) is 16.6. The number of hydrazine groups is 2. The largest absolute Gasteiger partial charge is 0.496 e. The molecule has 6 N–H and O–H groups in total.